The van der Waals surface area contributed by atoms with Crippen molar-refractivity contribution in [2.24, 2.45) is 5.84 Å². The highest BCUT2D eigenvalue weighted by molar-refractivity contribution is 5.91. The van der Waals surface area contributed by atoms with E-state index in [4.69, 9.17) is 5.84 Å². The second-order valence-corrected chi connectivity index (χ2v) is 7.99. The highest BCUT2D eigenvalue weighted by Gasteiger charge is 2.23. The van der Waals surface area contributed by atoms with Crippen LogP contribution in [0.2, 0.25) is 0 Å². The molecule has 0 aliphatic rings. The van der Waals surface area contributed by atoms with Crippen molar-refractivity contribution < 1.29 is 4.79 Å². The first kappa shape index (κ1) is 22.0. The minimum atomic E-state index is -0.555. The second-order valence-electron chi connectivity index (χ2n) is 7.99. The molecule has 0 radical (unpaired) electrons. The maximum Gasteiger partial charge on any atom is 0.321 e. The highest BCUT2D eigenvalue weighted by Crippen LogP contribution is 2.29. The van der Waals surface area contributed by atoms with Gasteiger partial charge in [0, 0.05) is 29.7 Å². The molecule has 0 aliphatic carbocycles. The Hall–Kier alpha value is -3.71. The molecular formula is C24H28N6O. The van der Waals surface area contributed by atoms with Gasteiger partial charge < -0.3 is 10.7 Å². The number of urea groups is 1. The maximum absolute atomic E-state index is 12.6. The van der Waals surface area contributed by atoms with Gasteiger partial charge in [-0.2, -0.15) is 0 Å². The van der Waals surface area contributed by atoms with Gasteiger partial charge in [-0.15, -0.1) is 0 Å². The lowest BCUT2D eigenvalue weighted by molar-refractivity contribution is 0.242. The monoisotopic (exact) mass is 416 g/mol. The number of hydrogen-bond acceptors (Lipinski definition) is 5. The zero-order valence-corrected chi connectivity index (χ0v) is 18.3. The lowest BCUT2D eigenvalue weighted by Gasteiger charge is -2.27. The number of hydrazine groups is 1. The lowest BCUT2D eigenvalue weighted by atomic mass is 9.94. The van der Waals surface area contributed by atoms with Crippen LogP contribution >= 0.6 is 0 Å². The fourth-order valence-corrected chi connectivity index (χ4v) is 3.25. The number of nitrogens with zero attached hydrogens (tertiary/aromatic N) is 2. The van der Waals surface area contributed by atoms with E-state index in [-0.39, 0.29) is 6.03 Å². The summed E-state index contributed by atoms with van der Waals surface area (Å²) in [6.07, 6.45) is 3.36. The van der Waals surface area contributed by atoms with Crippen molar-refractivity contribution in [3.05, 3.63) is 89.4 Å². The highest BCUT2D eigenvalue weighted by atomic mass is 16.2. The number of nitrogens with two attached hydrogens (primary N) is 1. The van der Waals surface area contributed by atoms with Gasteiger partial charge in [-0.1, -0.05) is 36.4 Å². The van der Waals surface area contributed by atoms with Crippen LogP contribution in [0.5, 0.6) is 0 Å². The van der Waals surface area contributed by atoms with Crippen LogP contribution in [0.25, 0.3) is 5.57 Å². The van der Waals surface area contributed by atoms with E-state index in [1.54, 1.807) is 18.5 Å². The van der Waals surface area contributed by atoms with E-state index in [2.05, 4.69) is 32.6 Å². The third-order valence-electron chi connectivity index (χ3n) is 5.07. The number of pyridine rings is 2. The van der Waals surface area contributed by atoms with Crippen LogP contribution in [0.4, 0.5) is 16.3 Å². The molecule has 3 aromatic rings. The van der Waals surface area contributed by atoms with Gasteiger partial charge in [0.15, 0.2) is 0 Å². The zero-order chi connectivity index (χ0) is 22.6. The molecule has 0 atom stereocenters. The number of aryl methyl sites for hydroxylation is 2. The Bertz CT molecular complexity index is 1110. The van der Waals surface area contributed by atoms with E-state index in [9.17, 15) is 4.79 Å². The first-order valence-corrected chi connectivity index (χ1v) is 9.95. The predicted octanol–water partition coefficient (Wildman–Crippen LogP) is 4.50. The zero-order valence-electron chi connectivity index (χ0n) is 18.3. The summed E-state index contributed by atoms with van der Waals surface area (Å²) in [6, 6.07) is 13.2. The third-order valence-corrected chi connectivity index (χ3v) is 5.07. The number of anilines is 2. The standard InChI is InChI=1S/C24H28N6O/c1-15-6-8-19(9-7-15)24(4,5)29-23(31)28-22-13-21(30-25)20(14-27-22)17(3)18-10-11-26-16(2)12-18/h6-14H,3,25H2,1-2,4-5H3,(H3,27,28,29,30,31). The number of amides is 2. The summed E-state index contributed by atoms with van der Waals surface area (Å²) >= 11 is 0. The fourth-order valence-electron chi connectivity index (χ4n) is 3.25. The van der Waals surface area contributed by atoms with Crippen molar-refractivity contribution in [2.75, 3.05) is 10.7 Å². The summed E-state index contributed by atoms with van der Waals surface area (Å²) in [5.41, 5.74) is 8.18. The minimum Gasteiger partial charge on any atom is -0.329 e. The predicted molar refractivity (Wildman–Crippen MR) is 126 cm³/mol. The quantitative estimate of drug-likeness (QED) is 0.350. The Balaban J connectivity index is 1.75. The number of benzene rings is 1. The Morgan fingerprint density at radius 3 is 2.42 bits per heavy atom. The van der Waals surface area contributed by atoms with Crippen molar-refractivity contribution in [3.8, 4) is 0 Å². The molecule has 7 heteroatoms. The Morgan fingerprint density at radius 2 is 1.77 bits per heavy atom. The second kappa shape index (κ2) is 8.97. The molecule has 0 saturated carbocycles. The van der Waals surface area contributed by atoms with Gasteiger partial charge in [-0.05, 0) is 56.5 Å². The van der Waals surface area contributed by atoms with Crippen molar-refractivity contribution in [1.82, 2.24) is 15.3 Å². The number of nitrogen functional groups attached to an aromatic ring is 1. The number of aromatic nitrogens is 2. The smallest absolute Gasteiger partial charge is 0.321 e. The van der Waals surface area contributed by atoms with Crippen LogP contribution in [0.3, 0.4) is 0 Å². The summed E-state index contributed by atoms with van der Waals surface area (Å²) < 4.78 is 0. The maximum atomic E-state index is 12.6. The van der Waals surface area contributed by atoms with Crippen LogP contribution in [-0.2, 0) is 5.54 Å². The molecule has 2 amide bonds. The van der Waals surface area contributed by atoms with Crippen molar-refractivity contribution in [1.29, 1.82) is 0 Å². The molecule has 2 aromatic heterocycles. The molecular weight excluding hydrogens is 388 g/mol. The Morgan fingerprint density at radius 1 is 1.06 bits per heavy atom. The van der Waals surface area contributed by atoms with Gasteiger partial charge in [0.1, 0.15) is 5.82 Å². The average Bonchev–Trinajstić information content (AvgIpc) is 2.73. The molecule has 0 fully saturated rings. The Labute approximate surface area is 182 Å². The van der Waals surface area contributed by atoms with Crippen LogP contribution < -0.4 is 21.9 Å². The van der Waals surface area contributed by atoms with E-state index in [1.165, 1.54) is 5.56 Å². The SMILES string of the molecule is C=C(c1ccnc(C)c1)c1cnc(NC(=O)NC(C)(C)c2ccc(C)cc2)cc1NN. The first-order chi connectivity index (χ1) is 14.7. The summed E-state index contributed by atoms with van der Waals surface area (Å²) in [5.74, 6) is 6.09. The molecule has 0 spiro atoms. The molecule has 0 aliphatic heterocycles. The number of carbonyl (C=O) groups is 1. The van der Waals surface area contributed by atoms with E-state index in [1.807, 2.05) is 64.1 Å². The molecule has 160 valence electrons. The summed E-state index contributed by atoms with van der Waals surface area (Å²) in [5, 5.41) is 5.75. The minimum absolute atomic E-state index is 0.364. The van der Waals surface area contributed by atoms with E-state index in [0.29, 0.717) is 11.5 Å². The summed E-state index contributed by atoms with van der Waals surface area (Å²) in [4.78, 5) is 21.2. The summed E-state index contributed by atoms with van der Waals surface area (Å²) in [7, 11) is 0. The van der Waals surface area contributed by atoms with Gasteiger partial charge in [0.05, 0.1) is 11.2 Å². The third kappa shape index (κ3) is 5.26. The largest absolute Gasteiger partial charge is 0.329 e. The van der Waals surface area contributed by atoms with Crippen molar-refractivity contribution in [3.63, 3.8) is 0 Å². The molecule has 0 bridgehead atoms. The molecule has 31 heavy (non-hydrogen) atoms. The van der Waals surface area contributed by atoms with Crippen LogP contribution in [0, 0.1) is 13.8 Å². The van der Waals surface area contributed by atoms with Gasteiger partial charge in [0.25, 0.3) is 0 Å². The normalized spacial score (nSPS) is 11.0. The van der Waals surface area contributed by atoms with Crippen molar-refractivity contribution in [2.45, 2.75) is 33.2 Å². The van der Waals surface area contributed by atoms with Gasteiger partial charge in [-0.25, -0.2) is 9.78 Å². The fraction of sp³-hybridized carbons (Fsp3) is 0.208. The topological polar surface area (TPSA) is 105 Å². The number of carbonyl (C=O) groups excluding carboxylic acids is 1. The number of rotatable bonds is 6. The van der Waals surface area contributed by atoms with Crippen molar-refractivity contribution >= 4 is 23.1 Å². The molecule has 7 nitrogen and oxygen atoms in total. The summed E-state index contributed by atoms with van der Waals surface area (Å²) in [6.45, 7) is 12.0. The van der Waals surface area contributed by atoms with Gasteiger partial charge >= 0.3 is 6.03 Å². The van der Waals surface area contributed by atoms with Crippen LogP contribution in [0.1, 0.15) is 41.8 Å². The molecule has 0 unspecified atom stereocenters. The van der Waals surface area contributed by atoms with E-state index in [0.717, 1.165) is 28.0 Å². The van der Waals surface area contributed by atoms with Crippen LogP contribution in [0.15, 0.2) is 61.4 Å². The Kier molecular flexibility index (Phi) is 6.36. The first-order valence-electron chi connectivity index (χ1n) is 9.95. The molecule has 0 saturated heterocycles. The van der Waals surface area contributed by atoms with E-state index < -0.39 is 5.54 Å². The molecule has 1 aromatic carbocycles. The molecule has 2 heterocycles. The number of hydrogen-bond donors (Lipinski definition) is 4. The van der Waals surface area contributed by atoms with Crippen LogP contribution in [-0.4, -0.2) is 16.0 Å². The molecule has 3 rings (SSSR count). The lowest BCUT2D eigenvalue weighted by Crippen LogP contribution is -2.43. The average molecular weight is 417 g/mol. The van der Waals surface area contributed by atoms with Gasteiger partial charge in [-0.3, -0.25) is 16.1 Å². The van der Waals surface area contributed by atoms with E-state index >= 15 is 0 Å². The number of nitrogens with one attached hydrogen (secondary N) is 3. The molecule has 5 N–H and O–H groups in total. The van der Waals surface area contributed by atoms with Gasteiger partial charge in [0.2, 0.25) is 0 Å².